The van der Waals surface area contributed by atoms with Gasteiger partial charge in [0.05, 0.1) is 0 Å². The molecule has 3 rings (SSSR count). The number of carboxylic acids is 1. The number of benzene rings is 1. The Morgan fingerprint density at radius 3 is 2.33 bits per heavy atom. The molecule has 1 aromatic carbocycles. The van der Waals surface area contributed by atoms with Crippen LogP contribution in [0.5, 0.6) is 5.75 Å². The molecule has 2 aliphatic rings. The number of halogens is 1. The lowest BCUT2D eigenvalue weighted by Crippen LogP contribution is -2.55. The Hall–Kier alpha value is -1.60. The van der Waals surface area contributed by atoms with Crippen LogP contribution in [0.2, 0.25) is 0 Å². The third kappa shape index (κ3) is 4.27. The summed E-state index contributed by atoms with van der Waals surface area (Å²) in [5.41, 5.74) is 0. The summed E-state index contributed by atoms with van der Waals surface area (Å²) in [6.07, 6.45) is 1.99. The number of nitrogens with zero attached hydrogens (tertiary/aromatic N) is 2. The first kappa shape index (κ1) is 17.2. The summed E-state index contributed by atoms with van der Waals surface area (Å²) in [5, 5.41) is 9.40. The molecule has 0 spiro atoms. The van der Waals surface area contributed by atoms with Crippen LogP contribution >= 0.6 is 15.9 Å². The van der Waals surface area contributed by atoms with Gasteiger partial charge in [0.1, 0.15) is 11.8 Å². The van der Waals surface area contributed by atoms with Crippen LogP contribution in [-0.2, 0) is 9.59 Å². The van der Waals surface area contributed by atoms with Crippen molar-refractivity contribution in [1.29, 1.82) is 0 Å². The lowest BCUT2D eigenvalue weighted by Gasteiger charge is -2.37. The SMILES string of the molecule is O=C(O)[C@H](C1CC1)N1CCN(C(=O)COc2ccc(Br)cc2)CC1. The van der Waals surface area contributed by atoms with Crippen molar-refractivity contribution >= 4 is 27.8 Å². The van der Waals surface area contributed by atoms with Crippen molar-refractivity contribution in [2.24, 2.45) is 5.92 Å². The van der Waals surface area contributed by atoms with Gasteiger partial charge in [-0.1, -0.05) is 15.9 Å². The molecule has 0 aromatic heterocycles. The van der Waals surface area contributed by atoms with Gasteiger partial charge in [-0.2, -0.15) is 0 Å². The summed E-state index contributed by atoms with van der Waals surface area (Å²) in [5.74, 6) is 0.141. The molecule has 2 fully saturated rings. The van der Waals surface area contributed by atoms with Gasteiger partial charge in [0, 0.05) is 30.7 Å². The number of piperazine rings is 1. The summed E-state index contributed by atoms with van der Waals surface area (Å²) >= 11 is 3.35. The molecular formula is C17H21BrN2O4. The molecule has 24 heavy (non-hydrogen) atoms. The Balaban J connectivity index is 1.46. The number of hydrogen-bond acceptors (Lipinski definition) is 4. The van der Waals surface area contributed by atoms with Crippen LogP contribution in [0.1, 0.15) is 12.8 Å². The smallest absolute Gasteiger partial charge is 0.321 e. The fraction of sp³-hybridized carbons (Fsp3) is 0.529. The first-order chi connectivity index (χ1) is 11.5. The fourth-order valence-corrected chi connectivity index (χ4v) is 3.35. The van der Waals surface area contributed by atoms with Crippen LogP contribution in [0.25, 0.3) is 0 Å². The van der Waals surface area contributed by atoms with Crippen LogP contribution in [0, 0.1) is 5.92 Å². The summed E-state index contributed by atoms with van der Waals surface area (Å²) in [7, 11) is 0. The van der Waals surface area contributed by atoms with Gasteiger partial charge >= 0.3 is 5.97 Å². The van der Waals surface area contributed by atoms with Gasteiger partial charge in [0.25, 0.3) is 5.91 Å². The molecule has 130 valence electrons. The van der Waals surface area contributed by atoms with Crippen LogP contribution in [0.4, 0.5) is 0 Å². The van der Waals surface area contributed by atoms with Crippen molar-refractivity contribution in [1.82, 2.24) is 9.80 Å². The molecule has 1 aromatic rings. The minimum atomic E-state index is -0.740. The minimum absolute atomic E-state index is 0.00656. The second-order valence-electron chi connectivity index (χ2n) is 6.28. The van der Waals surface area contributed by atoms with Gasteiger partial charge in [-0.15, -0.1) is 0 Å². The molecule has 1 N–H and O–H groups in total. The van der Waals surface area contributed by atoms with Gasteiger partial charge in [0.15, 0.2) is 6.61 Å². The number of hydrogen-bond donors (Lipinski definition) is 1. The lowest BCUT2D eigenvalue weighted by atomic mass is 10.1. The molecule has 1 aliphatic heterocycles. The highest BCUT2D eigenvalue weighted by atomic mass is 79.9. The number of ether oxygens (including phenoxy) is 1. The minimum Gasteiger partial charge on any atom is -0.484 e. The standard InChI is InChI=1S/C17H21BrN2O4/c18-13-3-5-14(6-4-13)24-11-15(21)19-7-9-20(10-8-19)16(17(22)23)12-1-2-12/h3-6,12,16H,1-2,7-11H2,(H,22,23)/t16-/m0/s1. The van der Waals surface area contributed by atoms with E-state index in [2.05, 4.69) is 15.9 Å². The maximum atomic E-state index is 12.3. The van der Waals surface area contributed by atoms with Crippen molar-refractivity contribution in [3.8, 4) is 5.75 Å². The topological polar surface area (TPSA) is 70.1 Å². The van der Waals surface area contributed by atoms with Crippen LogP contribution < -0.4 is 4.74 Å². The van der Waals surface area contributed by atoms with E-state index in [0.29, 0.717) is 31.9 Å². The summed E-state index contributed by atoms with van der Waals surface area (Å²) < 4.78 is 6.48. The first-order valence-corrected chi connectivity index (χ1v) is 8.97. The molecule has 1 saturated carbocycles. The zero-order chi connectivity index (χ0) is 17.1. The van der Waals surface area contributed by atoms with Gasteiger partial charge < -0.3 is 14.7 Å². The van der Waals surface area contributed by atoms with Crippen molar-refractivity contribution in [2.45, 2.75) is 18.9 Å². The predicted molar refractivity (Wildman–Crippen MR) is 91.9 cm³/mol. The summed E-state index contributed by atoms with van der Waals surface area (Å²) in [4.78, 5) is 27.4. The Morgan fingerprint density at radius 1 is 1.17 bits per heavy atom. The van der Waals surface area contributed by atoms with Gasteiger partial charge in [-0.25, -0.2) is 0 Å². The van der Waals surface area contributed by atoms with Crippen molar-refractivity contribution in [2.75, 3.05) is 32.8 Å². The number of carbonyl (C=O) groups is 2. The Labute approximate surface area is 149 Å². The van der Waals surface area contributed by atoms with E-state index in [0.717, 1.165) is 17.3 Å². The summed E-state index contributed by atoms with van der Waals surface area (Å²) in [6.45, 7) is 2.33. The molecule has 0 radical (unpaired) electrons. The van der Waals surface area contributed by atoms with Crippen molar-refractivity contribution in [3.63, 3.8) is 0 Å². The van der Waals surface area contributed by atoms with Gasteiger partial charge in [-0.3, -0.25) is 14.5 Å². The average Bonchev–Trinajstić information content (AvgIpc) is 3.39. The first-order valence-electron chi connectivity index (χ1n) is 8.17. The molecule has 1 saturated heterocycles. The van der Waals surface area contributed by atoms with E-state index in [4.69, 9.17) is 4.74 Å². The highest BCUT2D eigenvalue weighted by molar-refractivity contribution is 9.10. The molecule has 1 heterocycles. The fourth-order valence-electron chi connectivity index (χ4n) is 3.08. The normalized spacial score (nSPS) is 19.8. The lowest BCUT2D eigenvalue weighted by molar-refractivity contribution is -0.146. The molecule has 1 atom stereocenters. The van der Waals surface area contributed by atoms with E-state index in [1.54, 1.807) is 4.90 Å². The van der Waals surface area contributed by atoms with E-state index in [1.165, 1.54) is 0 Å². The highest BCUT2D eigenvalue weighted by Crippen LogP contribution is 2.35. The van der Waals surface area contributed by atoms with E-state index in [9.17, 15) is 14.7 Å². The Bertz CT molecular complexity index is 595. The second-order valence-corrected chi connectivity index (χ2v) is 7.20. The molecular weight excluding hydrogens is 376 g/mol. The average molecular weight is 397 g/mol. The summed E-state index contributed by atoms with van der Waals surface area (Å²) in [6, 6.07) is 6.96. The maximum absolute atomic E-state index is 12.3. The monoisotopic (exact) mass is 396 g/mol. The van der Waals surface area contributed by atoms with Crippen molar-refractivity contribution < 1.29 is 19.4 Å². The zero-order valence-corrected chi connectivity index (χ0v) is 14.9. The molecule has 6 nitrogen and oxygen atoms in total. The molecule has 0 unspecified atom stereocenters. The zero-order valence-electron chi connectivity index (χ0n) is 13.4. The van der Waals surface area contributed by atoms with Crippen LogP contribution in [0.3, 0.4) is 0 Å². The van der Waals surface area contributed by atoms with Crippen LogP contribution in [-0.4, -0.2) is 65.6 Å². The Morgan fingerprint density at radius 2 is 1.79 bits per heavy atom. The quantitative estimate of drug-likeness (QED) is 0.794. The third-order valence-electron chi connectivity index (χ3n) is 4.56. The predicted octanol–water partition coefficient (Wildman–Crippen LogP) is 1.84. The van der Waals surface area contributed by atoms with E-state index in [1.807, 2.05) is 29.2 Å². The molecule has 0 bridgehead atoms. The van der Waals surface area contributed by atoms with Crippen molar-refractivity contribution in [3.05, 3.63) is 28.7 Å². The third-order valence-corrected chi connectivity index (χ3v) is 5.09. The van der Waals surface area contributed by atoms with Gasteiger partial charge in [-0.05, 0) is 43.0 Å². The number of carboxylic acid groups (broad SMARTS) is 1. The largest absolute Gasteiger partial charge is 0.484 e. The highest BCUT2D eigenvalue weighted by Gasteiger charge is 2.41. The maximum Gasteiger partial charge on any atom is 0.321 e. The molecule has 1 aliphatic carbocycles. The van der Waals surface area contributed by atoms with E-state index in [-0.39, 0.29) is 24.5 Å². The molecule has 7 heteroatoms. The number of rotatable bonds is 6. The Kier molecular flexibility index (Phi) is 5.40. The van der Waals surface area contributed by atoms with Crippen LogP contribution in [0.15, 0.2) is 28.7 Å². The molecule has 1 amide bonds. The van der Waals surface area contributed by atoms with Gasteiger partial charge in [0.2, 0.25) is 0 Å². The number of amides is 1. The van der Waals surface area contributed by atoms with E-state index < -0.39 is 5.97 Å². The number of aliphatic carboxylic acids is 1. The van der Waals surface area contributed by atoms with E-state index >= 15 is 0 Å². The number of carbonyl (C=O) groups excluding carboxylic acids is 1. The second kappa shape index (κ2) is 7.53.